The molecule has 0 saturated heterocycles. The second-order valence-electron chi connectivity index (χ2n) is 4.70. The van der Waals surface area contributed by atoms with Gasteiger partial charge in [0.25, 0.3) is 0 Å². The molecule has 0 aromatic heterocycles. The molecule has 0 saturated carbocycles. The Bertz CT molecular complexity index is 732. The molecule has 4 nitrogen and oxygen atoms in total. The molecule has 0 atom stereocenters. The van der Waals surface area contributed by atoms with Crippen LogP contribution in [0.3, 0.4) is 0 Å². The van der Waals surface area contributed by atoms with Gasteiger partial charge in [-0.15, -0.1) is 0 Å². The van der Waals surface area contributed by atoms with Gasteiger partial charge < -0.3 is 10.2 Å². The lowest BCUT2D eigenvalue weighted by atomic mass is 10.2. The van der Waals surface area contributed by atoms with E-state index < -0.39 is 17.6 Å². The van der Waals surface area contributed by atoms with E-state index in [-0.39, 0.29) is 28.0 Å². The highest BCUT2D eigenvalue weighted by Gasteiger charge is 2.21. The number of rotatable bonds is 4. The Morgan fingerprint density at radius 3 is 2.26 bits per heavy atom. The van der Waals surface area contributed by atoms with Gasteiger partial charge >= 0.3 is 0 Å². The molecule has 2 rings (SSSR count). The van der Waals surface area contributed by atoms with Gasteiger partial charge in [-0.2, -0.15) is 0 Å². The van der Waals surface area contributed by atoms with Crippen LogP contribution in [0.25, 0.3) is 0 Å². The van der Waals surface area contributed by atoms with E-state index in [1.54, 1.807) is 24.3 Å². The van der Waals surface area contributed by atoms with E-state index in [1.807, 2.05) is 0 Å². The Balaban J connectivity index is 2.22. The lowest BCUT2D eigenvalue weighted by Crippen LogP contribution is -2.37. The highest BCUT2D eigenvalue weighted by Crippen LogP contribution is 2.33. The van der Waals surface area contributed by atoms with E-state index in [0.717, 1.165) is 4.90 Å². The molecule has 0 fully saturated rings. The molecule has 1 N–H and O–H groups in total. The highest BCUT2D eigenvalue weighted by molar-refractivity contribution is 6.40. The van der Waals surface area contributed by atoms with Crippen molar-refractivity contribution >= 4 is 46.4 Å². The minimum Gasteiger partial charge on any atom is -0.322 e. The van der Waals surface area contributed by atoms with Crippen LogP contribution < -0.4 is 10.2 Å². The molecule has 0 bridgehead atoms. The minimum atomic E-state index is -0.568. The largest absolute Gasteiger partial charge is 0.322 e. The van der Waals surface area contributed by atoms with Crippen LogP contribution in [-0.4, -0.2) is 18.4 Å². The summed E-state index contributed by atoms with van der Waals surface area (Å²) in [5.74, 6) is -1.55. The SMILES string of the molecule is CC(=O)N(CC(=O)Nc1ccccc1F)c1c(Cl)cccc1Cl. The number of hydrogen-bond acceptors (Lipinski definition) is 2. The zero-order chi connectivity index (χ0) is 17.0. The fourth-order valence-corrected chi connectivity index (χ4v) is 2.59. The van der Waals surface area contributed by atoms with Gasteiger partial charge in [0.05, 0.1) is 21.4 Å². The zero-order valence-corrected chi connectivity index (χ0v) is 13.7. The van der Waals surface area contributed by atoms with Crippen LogP contribution in [0.2, 0.25) is 10.0 Å². The van der Waals surface area contributed by atoms with Crippen LogP contribution in [0.1, 0.15) is 6.92 Å². The van der Waals surface area contributed by atoms with Crippen molar-refractivity contribution in [3.8, 4) is 0 Å². The Kier molecular flexibility index (Phi) is 5.58. The second-order valence-corrected chi connectivity index (χ2v) is 5.52. The standard InChI is InChI=1S/C16H13Cl2FN2O2/c1-10(22)21(16-11(17)5-4-6-12(16)18)9-15(23)20-14-8-3-2-7-13(14)19/h2-8H,9H2,1H3,(H,20,23). The molecule has 0 spiro atoms. The number of amides is 2. The molecule has 0 heterocycles. The predicted molar refractivity (Wildman–Crippen MR) is 89.5 cm³/mol. The first-order valence-corrected chi connectivity index (χ1v) is 7.42. The first-order chi connectivity index (χ1) is 10.9. The third-order valence-corrected chi connectivity index (χ3v) is 3.65. The van der Waals surface area contributed by atoms with Crippen LogP contribution in [0, 0.1) is 5.82 Å². The van der Waals surface area contributed by atoms with Gasteiger partial charge in [-0.25, -0.2) is 4.39 Å². The van der Waals surface area contributed by atoms with E-state index in [2.05, 4.69) is 5.32 Å². The van der Waals surface area contributed by atoms with Crippen LogP contribution in [0.4, 0.5) is 15.8 Å². The first kappa shape index (κ1) is 17.2. The molecular weight excluding hydrogens is 342 g/mol. The van der Waals surface area contributed by atoms with E-state index in [0.29, 0.717) is 0 Å². The van der Waals surface area contributed by atoms with E-state index >= 15 is 0 Å². The number of nitrogens with zero attached hydrogens (tertiary/aromatic N) is 1. The predicted octanol–water partition coefficient (Wildman–Crippen LogP) is 4.12. The maximum atomic E-state index is 13.6. The summed E-state index contributed by atoms with van der Waals surface area (Å²) < 4.78 is 13.6. The lowest BCUT2D eigenvalue weighted by molar-refractivity contribution is -0.120. The highest BCUT2D eigenvalue weighted by atomic mass is 35.5. The van der Waals surface area contributed by atoms with Crippen molar-refractivity contribution in [2.45, 2.75) is 6.92 Å². The number of nitrogens with one attached hydrogen (secondary N) is 1. The monoisotopic (exact) mass is 354 g/mol. The zero-order valence-electron chi connectivity index (χ0n) is 12.1. The van der Waals surface area contributed by atoms with Crippen LogP contribution in [0.15, 0.2) is 42.5 Å². The summed E-state index contributed by atoms with van der Waals surface area (Å²) >= 11 is 12.1. The molecule has 0 unspecified atom stereocenters. The van der Waals surface area contributed by atoms with Crippen LogP contribution in [-0.2, 0) is 9.59 Å². The van der Waals surface area contributed by atoms with E-state index in [1.165, 1.54) is 25.1 Å². The Labute approximate surface area is 142 Å². The summed E-state index contributed by atoms with van der Waals surface area (Å²) in [7, 11) is 0. The Morgan fingerprint density at radius 1 is 1.09 bits per heavy atom. The number of carbonyl (C=O) groups is 2. The summed E-state index contributed by atoms with van der Waals surface area (Å²) in [4.78, 5) is 25.1. The lowest BCUT2D eigenvalue weighted by Gasteiger charge is -2.23. The molecule has 0 radical (unpaired) electrons. The average Bonchev–Trinajstić information content (AvgIpc) is 2.48. The molecule has 0 aliphatic rings. The van der Waals surface area contributed by atoms with Gasteiger partial charge in [0, 0.05) is 6.92 Å². The summed E-state index contributed by atoms with van der Waals surface area (Å²) in [6.07, 6.45) is 0. The van der Waals surface area contributed by atoms with Crippen molar-refractivity contribution in [2.24, 2.45) is 0 Å². The second kappa shape index (κ2) is 7.44. The Hall–Kier alpha value is -2.11. The summed E-state index contributed by atoms with van der Waals surface area (Å²) in [5.41, 5.74) is 0.276. The van der Waals surface area contributed by atoms with Gasteiger partial charge in [0.1, 0.15) is 12.4 Å². The third-order valence-electron chi connectivity index (χ3n) is 3.04. The molecular formula is C16H13Cl2FN2O2. The Morgan fingerprint density at radius 2 is 1.70 bits per heavy atom. The van der Waals surface area contributed by atoms with Gasteiger partial charge in [-0.3, -0.25) is 9.59 Å². The molecule has 7 heteroatoms. The van der Waals surface area contributed by atoms with Gasteiger partial charge in [0.15, 0.2) is 0 Å². The fourth-order valence-electron chi connectivity index (χ4n) is 1.99. The quantitative estimate of drug-likeness (QED) is 0.897. The van der Waals surface area contributed by atoms with Crippen LogP contribution >= 0.6 is 23.2 Å². The molecule has 0 aliphatic carbocycles. The maximum absolute atomic E-state index is 13.6. The fraction of sp³-hybridized carbons (Fsp3) is 0.125. The first-order valence-electron chi connectivity index (χ1n) is 6.66. The van der Waals surface area contributed by atoms with Gasteiger partial charge in [-0.05, 0) is 24.3 Å². The smallest absolute Gasteiger partial charge is 0.244 e. The number of anilines is 2. The summed E-state index contributed by atoms with van der Waals surface area (Å²) in [6, 6.07) is 10.5. The molecule has 2 aromatic carbocycles. The van der Waals surface area contributed by atoms with Crippen molar-refractivity contribution in [2.75, 3.05) is 16.8 Å². The van der Waals surface area contributed by atoms with E-state index in [9.17, 15) is 14.0 Å². The minimum absolute atomic E-state index is 0.0336. The van der Waals surface area contributed by atoms with Crippen LogP contribution in [0.5, 0.6) is 0 Å². The van der Waals surface area contributed by atoms with Gasteiger partial charge in [0.2, 0.25) is 11.8 Å². The summed E-state index contributed by atoms with van der Waals surface area (Å²) in [6.45, 7) is 0.948. The van der Waals surface area contributed by atoms with Gasteiger partial charge in [-0.1, -0.05) is 41.4 Å². The summed E-state index contributed by atoms with van der Waals surface area (Å²) in [5, 5.41) is 2.89. The molecule has 0 aliphatic heterocycles. The number of para-hydroxylation sites is 2. The third kappa shape index (κ3) is 4.21. The molecule has 23 heavy (non-hydrogen) atoms. The normalized spacial score (nSPS) is 10.3. The number of carbonyl (C=O) groups excluding carboxylic acids is 2. The van der Waals surface area contributed by atoms with Crippen molar-refractivity contribution in [3.05, 3.63) is 58.3 Å². The topological polar surface area (TPSA) is 49.4 Å². The van der Waals surface area contributed by atoms with Crippen molar-refractivity contribution in [1.29, 1.82) is 0 Å². The van der Waals surface area contributed by atoms with Crippen molar-refractivity contribution in [3.63, 3.8) is 0 Å². The number of benzene rings is 2. The maximum Gasteiger partial charge on any atom is 0.244 e. The van der Waals surface area contributed by atoms with E-state index in [4.69, 9.17) is 23.2 Å². The number of halogens is 3. The molecule has 2 amide bonds. The van der Waals surface area contributed by atoms with Crippen molar-refractivity contribution in [1.82, 2.24) is 0 Å². The average molecular weight is 355 g/mol. The molecule has 2 aromatic rings. The van der Waals surface area contributed by atoms with Crippen molar-refractivity contribution < 1.29 is 14.0 Å². The number of hydrogen-bond donors (Lipinski definition) is 1. The molecule has 120 valence electrons.